The summed E-state index contributed by atoms with van der Waals surface area (Å²) in [5, 5.41) is 26.5. The van der Waals surface area contributed by atoms with E-state index in [1.807, 2.05) is 50.2 Å². The number of oxime groups is 1. The van der Waals surface area contributed by atoms with Crippen LogP contribution < -0.4 is 5.32 Å². The third kappa shape index (κ3) is 4.20. The second-order valence-electron chi connectivity index (χ2n) is 6.88. The normalized spacial score (nSPS) is 17.7. The number of benzene rings is 1. The topological polar surface area (TPSA) is 104 Å². The highest BCUT2D eigenvalue weighted by Gasteiger charge is 2.33. The smallest absolute Gasteiger partial charge is 0.426 e. The second kappa shape index (κ2) is 7.84. The first-order valence-corrected chi connectivity index (χ1v) is 8.69. The molecule has 0 fully saturated rings. The number of rotatable bonds is 6. The molecule has 1 aromatic carbocycles. The fourth-order valence-corrected chi connectivity index (χ4v) is 2.93. The van der Waals surface area contributed by atoms with Gasteiger partial charge in [0, 0.05) is 11.8 Å². The minimum atomic E-state index is -1.62. The summed E-state index contributed by atoms with van der Waals surface area (Å²) >= 11 is 0. The summed E-state index contributed by atoms with van der Waals surface area (Å²) < 4.78 is 0. The maximum Gasteiger partial charge on any atom is 0.475 e. The maximum absolute atomic E-state index is 12.4. The molecule has 0 saturated carbocycles. The van der Waals surface area contributed by atoms with Gasteiger partial charge in [-0.3, -0.25) is 4.79 Å². The lowest BCUT2D eigenvalue weighted by Gasteiger charge is -2.20. The van der Waals surface area contributed by atoms with Crippen molar-refractivity contribution in [3.8, 4) is 0 Å². The molecule has 2 aromatic rings. The van der Waals surface area contributed by atoms with Gasteiger partial charge in [-0.25, -0.2) is 4.98 Å². The quantitative estimate of drug-likeness (QED) is 0.677. The number of hydrogen-bond acceptors (Lipinski definition) is 6. The zero-order chi connectivity index (χ0) is 18.7. The minimum Gasteiger partial charge on any atom is -0.426 e. The monoisotopic (exact) mass is 355 g/mol. The number of fused-ring (bicyclic) bond motifs is 1. The van der Waals surface area contributed by atoms with Gasteiger partial charge in [-0.1, -0.05) is 43.3 Å². The van der Waals surface area contributed by atoms with Gasteiger partial charge in [-0.05, 0) is 24.5 Å². The molecule has 1 aliphatic heterocycles. The number of nitrogens with zero attached hydrogens (tertiary/aromatic N) is 2. The van der Waals surface area contributed by atoms with Gasteiger partial charge in [0.1, 0.15) is 5.71 Å². The summed E-state index contributed by atoms with van der Waals surface area (Å²) in [6.45, 7) is 3.89. The third-order valence-corrected chi connectivity index (χ3v) is 4.27. The van der Waals surface area contributed by atoms with Crippen LogP contribution in [0.15, 0.2) is 41.6 Å². The molecule has 2 heterocycles. The van der Waals surface area contributed by atoms with Gasteiger partial charge >= 0.3 is 7.12 Å². The summed E-state index contributed by atoms with van der Waals surface area (Å²) in [5.74, 6) is -0.947. The molecule has 3 N–H and O–H groups in total. The molecule has 3 rings (SSSR count). The van der Waals surface area contributed by atoms with Crippen molar-refractivity contribution >= 4 is 29.6 Å². The highest BCUT2D eigenvalue weighted by molar-refractivity contribution is 6.43. The average Bonchev–Trinajstić information content (AvgIpc) is 3.10. The van der Waals surface area contributed by atoms with Crippen LogP contribution in [0.3, 0.4) is 0 Å². The maximum atomic E-state index is 12.4. The lowest BCUT2D eigenvalue weighted by atomic mass is 9.75. The number of aromatic nitrogens is 1. The van der Waals surface area contributed by atoms with Crippen LogP contribution in [0.4, 0.5) is 0 Å². The fraction of sp³-hybridized carbons (Fsp3) is 0.389. The van der Waals surface area contributed by atoms with Crippen LogP contribution in [0.2, 0.25) is 0 Å². The highest BCUT2D eigenvalue weighted by Crippen LogP contribution is 2.19. The predicted octanol–water partition coefficient (Wildman–Crippen LogP) is 1.27. The predicted molar refractivity (Wildman–Crippen MR) is 99.3 cm³/mol. The lowest BCUT2D eigenvalue weighted by molar-refractivity contribution is -0.131. The molecule has 1 aromatic heterocycles. The first-order chi connectivity index (χ1) is 12.4. The summed E-state index contributed by atoms with van der Waals surface area (Å²) in [5.41, 5.74) is 2.11. The third-order valence-electron chi connectivity index (χ3n) is 4.27. The van der Waals surface area contributed by atoms with Crippen molar-refractivity contribution in [1.29, 1.82) is 0 Å². The number of hydrogen-bond donors (Lipinski definition) is 3. The van der Waals surface area contributed by atoms with Gasteiger partial charge in [-0.15, -0.1) is 0 Å². The number of nitrogens with one attached hydrogen (secondary N) is 1. The van der Waals surface area contributed by atoms with Crippen molar-refractivity contribution in [2.75, 3.05) is 0 Å². The van der Waals surface area contributed by atoms with Crippen molar-refractivity contribution in [3.63, 3.8) is 0 Å². The number of amides is 1. The van der Waals surface area contributed by atoms with Crippen LogP contribution in [0, 0.1) is 5.92 Å². The number of carbonyl (C=O) groups is 1. The van der Waals surface area contributed by atoms with Crippen molar-refractivity contribution in [2.45, 2.75) is 38.7 Å². The molecule has 1 amide bonds. The van der Waals surface area contributed by atoms with Gasteiger partial charge < -0.3 is 20.2 Å². The molecule has 0 spiro atoms. The van der Waals surface area contributed by atoms with Crippen LogP contribution >= 0.6 is 0 Å². The standard InChI is InChI=1S/C18H22BN3O4/c1-11(2)9-17(19(24)25)21-18(23)16-10-15(22-26-16)14-8-7-12-5-3-4-6-13(12)20-14/h3-8,11,16-17,24-25H,9-10H2,1-2H3,(H,21,23). The molecule has 0 radical (unpaired) electrons. The Kier molecular flexibility index (Phi) is 5.53. The molecule has 136 valence electrons. The Labute approximate surface area is 152 Å². The van der Waals surface area contributed by atoms with E-state index in [9.17, 15) is 14.8 Å². The molecule has 2 atom stereocenters. The van der Waals surface area contributed by atoms with Crippen LogP contribution in [-0.4, -0.2) is 45.8 Å². The van der Waals surface area contributed by atoms with Gasteiger partial charge in [-0.2, -0.15) is 0 Å². The van der Waals surface area contributed by atoms with E-state index in [1.54, 1.807) is 0 Å². The fourth-order valence-electron chi connectivity index (χ4n) is 2.93. The number of para-hydroxylation sites is 1. The van der Waals surface area contributed by atoms with Crippen LogP contribution in [0.5, 0.6) is 0 Å². The molecule has 2 unspecified atom stereocenters. The lowest BCUT2D eigenvalue weighted by Crippen LogP contribution is -2.50. The first kappa shape index (κ1) is 18.3. The molecular formula is C18H22BN3O4. The van der Waals surface area contributed by atoms with E-state index >= 15 is 0 Å². The zero-order valence-corrected chi connectivity index (χ0v) is 14.8. The zero-order valence-electron chi connectivity index (χ0n) is 14.8. The molecule has 8 heteroatoms. The van der Waals surface area contributed by atoms with Crippen molar-refractivity contribution in [1.82, 2.24) is 10.3 Å². The SMILES string of the molecule is CC(C)CC(NC(=O)C1CC(c2ccc3ccccc3n2)=NO1)B(O)O. The summed E-state index contributed by atoms with van der Waals surface area (Å²) in [6, 6.07) is 11.6. The van der Waals surface area contributed by atoms with Gasteiger partial charge in [0.15, 0.2) is 0 Å². The molecule has 0 bridgehead atoms. The molecule has 26 heavy (non-hydrogen) atoms. The second-order valence-corrected chi connectivity index (χ2v) is 6.88. The van der Waals surface area contributed by atoms with Crippen LogP contribution in [-0.2, 0) is 9.63 Å². The van der Waals surface area contributed by atoms with Crippen LogP contribution in [0.1, 0.15) is 32.4 Å². The van der Waals surface area contributed by atoms with Gasteiger partial charge in [0.05, 0.1) is 17.2 Å². The van der Waals surface area contributed by atoms with E-state index < -0.39 is 25.1 Å². The van der Waals surface area contributed by atoms with E-state index in [0.29, 0.717) is 17.8 Å². The summed E-state index contributed by atoms with van der Waals surface area (Å²) in [6.07, 6.45) is -0.0601. The van der Waals surface area contributed by atoms with Gasteiger partial charge in [0.2, 0.25) is 6.10 Å². The van der Waals surface area contributed by atoms with E-state index in [-0.39, 0.29) is 12.3 Å². The minimum absolute atomic E-state index is 0.209. The Morgan fingerprint density at radius 1 is 1.31 bits per heavy atom. The van der Waals surface area contributed by atoms with E-state index in [0.717, 1.165) is 10.9 Å². The Morgan fingerprint density at radius 3 is 2.81 bits per heavy atom. The highest BCUT2D eigenvalue weighted by atomic mass is 16.6. The molecule has 7 nitrogen and oxygen atoms in total. The largest absolute Gasteiger partial charge is 0.475 e. The van der Waals surface area contributed by atoms with Crippen LogP contribution in [0.25, 0.3) is 10.9 Å². The van der Waals surface area contributed by atoms with E-state index in [2.05, 4.69) is 15.5 Å². The van der Waals surface area contributed by atoms with Gasteiger partial charge in [0.25, 0.3) is 5.91 Å². The first-order valence-electron chi connectivity index (χ1n) is 8.69. The Balaban J connectivity index is 1.65. The van der Waals surface area contributed by atoms with Crippen molar-refractivity contribution in [2.24, 2.45) is 11.1 Å². The van der Waals surface area contributed by atoms with E-state index in [1.165, 1.54) is 0 Å². The Morgan fingerprint density at radius 2 is 2.08 bits per heavy atom. The molecule has 0 saturated heterocycles. The van der Waals surface area contributed by atoms with Crippen molar-refractivity contribution in [3.05, 3.63) is 42.1 Å². The van der Waals surface area contributed by atoms with Crippen molar-refractivity contribution < 1.29 is 19.7 Å². The summed E-state index contributed by atoms with van der Waals surface area (Å²) in [4.78, 5) is 22.2. The van der Waals surface area contributed by atoms with E-state index in [4.69, 9.17) is 4.84 Å². The summed E-state index contributed by atoms with van der Waals surface area (Å²) in [7, 11) is -1.62. The Hall–Kier alpha value is -2.45. The molecule has 0 aliphatic carbocycles. The number of pyridine rings is 1. The molecular weight excluding hydrogens is 333 g/mol. The number of carbonyl (C=O) groups excluding carboxylic acids is 1. The molecule has 1 aliphatic rings. The Bertz CT molecular complexity index is 825. The average molecular weight is 355 g/mol.